The number of nitrogens with one attached hydrogen (secondary N) is 2. The van der Waals surface area contributed by atoms with Crippen molar-refractivity contribution >= 4 is 34.0 Å². The molecule has 4 aromatic rings. The van der Waals surface area contributed by atoms with Crippen molar-refractivity contribution in [3.8, 4) is 11.3 Å². The molecule has 0 radical (unpaired) electrons. The number of aromatic amines is 1. The Morgan fingerprint density at radius 1 is 1.16 bits per heavy atom. The number of anilines is 1. The van der Waals surface area contributed by atoms with Crippen LogP contribution in [0.4, 0.5) is 5.69 Å². The van der Waals surface area contributed by atoms with Gasteiger partial charge in [-0.3, -0.25) is 9.69 Å². The van der Waals surface area contributed by atoms with E-state index in [0.717, 1.165) is 71.3 Å². The molecule has 3 heterocycles. The fourth-order valence-electron chi connectivity index (χ4n) is 4.31. The molecule has 32 heavy (non-hydrogen) atoms. The van der Waals surface area contributed by atoms with E-state index in [-0.39, 0.29) is 11.8 Å². The molecular formula is C25H27N5OS. The van der Waals surface area contributed by atoms with E-state index in [4.69, 9.17) is 4.98 Å². The van der Waals surface area contributed by atoms with Crippen molar-refractivity contribution < 1.29 is 4.79 Å². The van der Waals surface area contributed by atoms with Gasteiger partial charge in [0.15, 0.2) is 0 Å². The van der Waals surface area contributed by atoms with Crippen LogP contribution in [-0.2, 0) is 11.3 Å². The SMILES string of the molecule is Cc1ccc2nc(CN3CCC(C(=O)Nc4cccc(-c5csc(C)n5)c4)CC3)[nH]c2c1. The van der Waals surface area contributed by atoms with Gasteiger partial charge in [-0.15, -0.1) is 11.3 Å². The normalized spacial score (nSPS) is 15.3. The lowest BCUT2D eigenvalue weighted by atomic mass is 9.95. The number of hydrogen-bond acceptors (Lipinski definition) is 5. The quantitative estimate of drug-likeness (QED) is 0.445. The number of hydrogen-bond donors (Lipinski definition) is 2. The summed E-state index contributed by atoms with van der Waals surface area (Å²) in [5.74, 6) is 1.13. The Kier molecular flexibility index (Phi) is 5.76. The van der Waals surface area contributed by atoms with Crippen molar-refractivity contribution in [3.63, 3.8) is 0 Å². The van der Waals surface area contributed by atoms with E-state index in [0.29, 0.717) is 0 Å². The van der Waals surface area contributed by atoms with E-state index < -0.39 is 0 Å². The smallest absolute Gasteiger partial charge is 0.227 e. The Bertz CT molecular complexity index is 1250. The molecule has 2 aromatic heterocycles. The molecule has 0 atom stereocenters. The molecule has 6 nitrogen and oxygen atoms in total. The van der Waals surface area contributed by atoms with E-state index in [2.05, 4.69) is 50.7 Å². The number of thiazole rings is 1. The van der Waals surface area contributed by atoms with Crippen molar-refractivity contribution in [3.05, 3.63) is 64.2 Å². The first-order chi connectivity index (χ1) is 15.5. The van der Waals surface area contributed by atoms with Crippen molar-refractivity contribution in [2.24, 2.45) is 5.92 Å². The average Bonchev–Trinajstić information content (AvgIpc) is 3.39. The van der Waals surface area contributed by atoms with Crippen LogP contribution in [0.15, 0.2) is 47.8 Å². The van der Waals surface area contributed by atoms with E-state index in [9.17, 15) is 4.79 Å². The lowest BCUT2D eigenvalue weighted by molar-refractivity contribution is -0.121. The predicted octanol–water partition coefficient (Wildman–Crippen LogP) is 5.15. The molecular weight excluding hydrogens is 418 g/mol. The van der Waals surface area contributed by atoms with Gasteiger partial charge in [0.25, 0.3) is 0 Å². The summed E-state index contributed by atoms with van der Waals surface area (Å²) in [7, 11) is 0. The molecule has 0 saturated carbocycles. The highest BCUT2D eigenvalue weighted by atomic mass is 32.1. The fraction of sp³-hybridized carbons (Fsp3) is 0.320. The van der Waals surface area contributed by atoms with Crippen molar-refractivity contribution in [1.82, 2.24) is 19.9 Å². The summed E-state index contributed by atoms with van der Waals surface area (Å²) in [5, 5.41) is 6.21. The van der Waals surface area contributed by atoms with Gasteiger partial charge in [-0.25, -0.2) is 9.97 Å². The number of aromatic nitrogens is 3. The number of piperidine rings is 1. The Labute approximate surface area is 191 Å². The van der Waals surface area contributed by atoms with Gasteiger partial charge in [-0.05, 0) is 69.6 Å². The summed E-state index contributed by atoms with van der Waals surface area (Å²) in [4.78, 5) is 27.9. The molecule has 2 aromatic carbocycles. The zero-order valence-electron chi connectivity index (χ0n) is 18.4. The summed E-state index contributed by atoms with van der Waals surface area (Å²) < 4.78 is 0. The largest absolute Gasteiger partial charge is 0.341 e. The number of rotatable bonds is 5. The molecule has 164 valence electrons. The first kappa shape index (κ1) is 20.8. The number of carbonyl (C=O) groups excluding carboxylic acids is 1. The van der Waals surface area contributed by atoms with E-state index in [1.165, 1.54) is 5.56 Å². The van der Waals surface area contributed by atoms with Gasteiger partial charge in [-0.2, -0.15) is 0 Å². The number of fused-ring (bicyclic) bond motifs is 1. The Hall–Kier alpha value is -3.03. The topological polar surface area (TPSA) is 73.9 Å². The molecule has 1 saturated heterocycles. The van der Waals surface area contributed by atoms with Crippen molar-refractivity contribution in [2.45, 2.75) is 33.2 Å². The second-order valence-electron chi connectivity index (χ2n) is 8.58. The average molecular weight is 446 g/mol. The minimum absolute atomic E-state index is 0.0368. The van der Waals surface area contributed by atoms with Gasteiger partial charge < -0.3 is 10.3 Å². The number of aryl methyl sites for hydroxylation is 2. The van der Waals surface area contributed by atoms with Crippen LogP contribution in [0.5, 0.6) is 0 Å². The Morgan fingerprint density at radius 2 is 2.00 bits per heavy atom. The van der Waals surface area contributed by atoms with Crippen molar-refractivity contribution in [2.75, 3.05) is 18.4 Å². The van der Waals surface area contributed by atoms with Gasteiger partial charge >= 0.3 is 0 Å². The second kappa shape index (κ2) is 8.84. The van der Waals surface area contributed by atoms with Gasteiger partial charge in [0.1, 0.15) is 5.82 Å². The van der Waals surface area contributed by atoms with Gasteiger partial charge in [0, 0.05) is 22.5 Å². The first-order valence-corrected chi connectivity index (χ1v) is 11.9. The van der Waals surface area contributed by atoms with Gasteiger partial charge in [-0.1, -0.05) is 18.2 Å². The molecule has 0 bridgehead atoms. The van der Waals surface area contributed by atoms with Gasteiger partial charge in [0.05, 0.1) is 28.3 Å². The highest BCUT2D eigenvalue weighted by molar-refractivity contribution is 7.09. The molecule has 5 rings (SSSR count). The molecule has 1 fully saturated rings. The third-order valence-corrected chi connectivity index (χ3v) is 6.84. The van der Waals surface area contributed by atoms with E-state index in [1.54, 1.807) is 11.3 Å². The highest BCUT2D eigenvalue weighted by Crippen LogP contribution is 2.26. The number of amides is 1. The lowest BCUT2D eigenvalue weighted by Crippen LogP contribution is -2.38. The fourth-order valence-corrected chi connectivity index (χ4v) is 4.93. The van der Waals surface area contributed by atoms with Crippen LogP contribution in [-0.4, -0.2) is 38.8 Å². The van der Waals surface area contributed by atoms with E-state index >= 15 is 0 Å². The molecule has 0 unspecified atom stereocenters. The number of nitrogens with zero attached hydrogens (tertiary/aromatic N) is 3. The van der Waals surface area contributed by atoms with Crippen LogP contribution >= 0.6 is 11.3 Å². The summed E-state index contributed by atoms with van der Waals surface area (Å²) in [5.41, 5.74) is 6.14. The van der Waals surface area contributed by atoms with Crippen LogP contribution in [0.2, 0.25) is 0 Å². The molecule has 0 aliphatic carbocycles. The van der Waals surface area contributed by atoms with Crippen LogP contribution in [0, 0.1) is 19.8 Å². The monoisotopic (exact) mass is 445 g/mol. The zero-order valence-corrected chi connectivity index (χ0v) is 19.2. The number of imidazole rings is 1. The third kappa shape index (κ3) is 4.59. The first-order valence-electron chi connectivity index (χ1n) is 11.0. The molecule has 2 N–H and O–H groups in total. The Balaban J connectivity index is 1.17. The van der Waals surface area contributed by atoms with Crippen molar-refractivity contribution in [1.29, 1.82) is 0 Å². The van der Waals surface area contributed by atoms with Crippen LogP contribution in [0.1, 0.15) is 29.2 Å². The number of benzene rings is 2. The molecule has 0 spiro atoms. The summed E-state index contributed by atoms with van der Waals surface area (Å²) in [6, 6.07) is 14.2. The predicted molar refractivity (Wildman–Crippen MR) is 130 cm³/mol. The number of carbonyl (C=O) groups is 1. The zero-order chi connectivity index (χ0) is 22.1. The molecule has 7 heteroatoms. The highest BCUT2D eigenvalue weighted by Gasteiger charge is 2.25. The number of likely N-dealkylation sites (tertiary alicyclic amines) is 1. The van der Waals surface area contributed by atoms with E-state index in [1.807, 2.05) is 31.2 Å². The minimum Gasteiger partial charge on any atom is -0.341 e. The summed E-state index contributed by atoms with van der Waals surface area (Å²) in [6.45, 7) is 6.67. The molecule has 1 amide bonds. The van der Waals surface area contributed by atoms with Crippen LogP contribution in [0.3, 0.4) is 0 Å². The lowest BCUT2D eigenvalue weighted by Gasteiger charge is -2.30. The van der Waals surface area contributed by atoms with Gasteiger partial charge in [0.2, 0.25) is 5.91 Å². The molecule has 1 aliphatic rings. The summed E-state index contributed by atoms with van der Waals surface area (Å²) in [6.07, 6.45) is 1.71. The van der Waals surface area contributed by atoms with Crippen LogP contribution < -0.4 is 5.32 Å². The second-order valence-corrected chi connectivity index (χ2v) is 9.64. The minimum atomic E-state index is 0.0368. The third-order valence-electron chi connectivity index (χ3n) is 6.06. The summed E-state index contributed by atoms with van der Waals surface area (Å²) >= 11 is 1.63. The molecule has 1 aliphatic heterocycles. The maximum Gasteiger partial charge on any atom is 0.227 e. The maximum absolute atomic E-state index is 12.9. The standard InChI is InChI=1S/C25H27N5OS/c1-16-6-7-21-22(12-16)29-24(28-21)14-30-10-8-18(9-11-30)25(31)27-20-5-3-4-19(13-20)23-15-32-17(2)26-23/h3-7,12-13,15,18H,8-11,14H2,1-2H3,(H,27,31)(H,28,29). The Morgan fingerprint density at radius 3 is 2.78 bits per heavy atom. The van der Waals surface area contributed by atoms with Crippen LogP contribution in [0.25, 0.3) is 22.3 Å². The number of H-pyrrole nitrogens is 1. The maximum atomic E-state index is 12.9.